The van der Waals surface area contributed by atoms with Crippen LogP contribution in [0.25, 0.3) is 0 Å². The number of methoxy groups -OCH3 is 2. The number of benzene rings is 1. The fourth-order valence-electron chi connectivity index (χ4n) is 1.14. The predicted molar refractivity (Wildman–Crippen MR) is 63.0 cm³/mol. The molecule has 1 N–H and O–H groups in total. The number of hydrogen-bond donors (Lipinski definition) is 1. The summed E-state index contributed by atoms with van der Waals surface area (Å²) in [6.07, 6.45) is 0. The number of ether oxygens (including phenoxy) is 2. The van der Waals surface area contributed by atoms with E-state index < -0.39 is 0 Å². The molecule has 0 aliphatic heterocycles. The van der Waals surface area contributed by atoms with Crippen molar-refractivity contribution in [3.8, 4) is 11.5 Å². The van der Waals surface area contributed by atoms with Crippen molar-refractivity contribution < 1.29 is 9.47 Å². The highest BCUT2D eigenvalue weighted by Crippen LogP contribution is 2.29. The van der Waals surface area contributed by atoms with E-state index in [-0.39, 0.29) is 0 Å². The molecule has 0 amide bonds. The first-order valence-corrected chi connectivity index (χ1v) is 4.84. The Morgan fingerprint density at radius 2 is 2.13 bits per heavy atom. The molecule has 0 aliphatic rings. The summed E-state index contributed by atoms with van der Waals surface area (Å²) in [7, 11) is 3.22. The molecular formula is C11H14ClNO2. The van der Waals surface area contributed by atoms with Crippen LogP contribution >= 0.6 is 11.6 Å². The zero-order valence-corrected chi connectivity index (χ0v) is 9.60. The van der Waals surface area contributed by atoms with Crippen molar-refractivity contribution in [3.05, 3.63) is 29.8 Å². The number of hydrogen-bond acceptors (Lipinski definition) is 3. The van der Waals surface area contributed by atoms with E-state index in [1.807, 2.05) is 12.1 Å². The van der Waals surface area contributed by atoms with E-state index in [1.165, 1.54) is 0 Å². The monoisotopic (exact) mass is 227 g/mol. The molecule has 15 heavy (non-hydrogen) atoms. The van der Waals surface area contributed by atoms with E-state index in [0.29, 0.717) is 17.3 Å². The van der Waals surface area contributed by atoms with Crippen LogP contribution in [0.2, 0.25) is 0 Å². The van der Waals surface area contributed by atoms with Gasteiger partial charge in [-0.3, -0.25) is 0 Å². The Morgan fingerprint density at radius 1 is 1.40 bits per heavy atom. The molecule has 0 aliphatic carbocycles. The lowest BCUT2D eigenvalue weighted by molar-refractivity contribution is 0.395. The molecule has 0 fully saturated rings. The van der Waals surface area contributed by atoms with Crippen molar-refractivity contribution in [1.29, 1.82) is 0 Å². The topological polar surface area (TPSA) is 30.5 Å². The molecule has 0 bridgehead atoms. The van der Waals surface area contributed by atoms with E-state index in [2.05, 4.69) is 11.9 Å². The molecule has 4 heteroatoms. The first-order chi connectivity index (χ1) is 7.17. The minimum atomic E-state index is 0.504. The summed E-state index contributed by atoms with van der Waals surface area (Å²) >= 11 is 5.66. The first-order valence-electron chi connectivity index (χ1n) is 4.46. The lowest BCUT2D eigenvalue weighted by Crippen LogP contribution is -2.02. The summed E-state index contributed by atoms with van der Waals surface area (Å²) in [6, 6.07) is 5.53. The maximum atomic E-state index is 5.66. The average Bonchev–Trinajstić information content (AvgIpc) is 2.25. The van der Waals surface area contributed by atoms with Crippen LogP contribution in [-0.2, 0) is 0 Å². The Labute approximate surface area is 94.6 Å². The summed E-state index contributed by atoms with van der Waals surface area (Å²) < 4.78 is 10.3. The molecule has 0 spiro atoms. The maximum Gasteiger partial charge on any atom is 0.145 e. The number of halogens is 1. The Morgan fingerprint density at radius 3 is 2.67 bits per heavy atom. The van der Waals surface area contributed by atoms with Crippen molar-refractivity contribution in [2.75, 3.05) is 26.1 Å². The summed E-state index contributed by atoms with van der Waals surface area (Å²) in [5, 5.41) is 3.65. The summed E-state index contributed by atoms with van der Waals surface area (Å²) in [5.41, 5.74) is 0.861. The van der Waals surface area contributed by atoms with Gasteiger partial charge in [0, 0.05) is 11.1 Å². The van der Waals surface area contributed by atoms with Gasteiger partial charge in [0.15, 0.2) is 0 Å². The second-order valence-electron chi connectivity index (χ2n) is 2.94. The van der Waals surface area contributed by atoms with Gasteiger partial charge < -0.3 is 14.8 Å². The predicted octanol–water partition coefficient (Wildman–Crippen LogP) is 2.87. The van der Waals surface area contributed by atoms with Gasteiger partial charge in [-0.2, -0.15) is 0 Å². The molecule has 0 aromatic heterocycles. The largest absolute Gasteiger partial charge is 0.497 e. The molecule has 0 saturated carbocycles. The minimum absolute atomic E-state index is 0.504. The van der Waals surface area contributed by atoms with Gasteiger partial charge in [-0.15, -0.1) is 0 Å². The van der Waals surface area contributed by atoms with Crippen LogP contribution in [0, 0.1) is 0 Å². The molecule has 1 rings (SSSR count). The lowest BCUT2D eigenvalue weighted by Gasteiger charge is -2.11. The molecule has 1 aromatic rings. The van der Waals surface area contributed by atoms with Crippen molar-refractivity contribution in [3.63, 3.8) is 0 Å². The highest BCUT2D eigenvalue weighted by Gasteiger charge is 2.04. The standard InChI is InChI=1S/C11H14ClNO2/c1-8(12)7-13-10-5-4-9(14-2)6-11(10)15-3/h4-6,13H,1,7H2,2-3H3. The third-order valence-electron chi connectivity index (χ3n) is 1.88. The highest BCUT2D eigenvalue weighted by atomic mass is 35.5. The van der Waals surface area contributed by atoms with Crippen molar-refractivity contribution in [2.45, 2.75) is 0 Å². The second kappa shape index (κ2) is 5.51. The van der Waals surface area contributed by atoms with Crippen LogP contribution in [0.4, 0.5) is 5.69 Å². The zero-order valence-electron chi connectivity index (χ0n) is 8.84. The quantitative estimate of drug-likeness (QED) is 0.839. The van der Waals surface area contributed by atoms with Crippen LogP contribution in [-0.4, -0.2) is 20.8 Å². The normalized spacial score (nSPS) is 9.53. The minimum Gasteiger partial charge on any atom is -0.497 e. The Bertz CT molecular complexity index is 352. The Balaban J connectivity index is 2.82. The molecule has 82 valence electrons. The number of rotatable bonds is 5. The molecule has 0 saturated heterocycles. The summed E-state index contributed by atoms with van der Waals surface area (Å²) in [5.74, 6) is 1.47. The van der Waals surface area contributed by atoms with E-state index >= 15 is 0 Å². The maximum absolute atomic E-state index is 5.66. The molecule has 0 unspecified atom stereocenters. The zero-order chi connectivity index (χ0) is 11.3. The van der Waals surface area contributed by atoms with E-state index in [0.717, 1.165) is 11.4 Å². The fraction of sp³-hybridized carbons (Fsp3) is 0.273. The van der Waals surface area contributed by atoms with Gasteiger partial charge in [-0.05, 0) is 12.1 Å². The molecular weight excluding hydrogens is 214 g/mol. The SMILES string of the molecule is C=C(Cl)CNc1ccc(OC)cc1OC. The Kier molecular flexibility index (Phi) is 4.31. The molecule has 0 atom stereocenters. The van der Waals surface area contributed by atoms with Crippen molar-refractivity contribution in [1.82, 2.24) is 0 Å². The molecule has 3 nitrogen and oxygen atoms in total. The van der Waals surface area contributed by atoms with Gasteiger partial charge in [0.1, 0.15) is 11.5 Å². The first kappa shape index (κ1) is 11.7. The molecule has 1 aromatic carbocycles. The molecule has 0 radical (unpaired) electrons. The van der Waals surface area contributed by atoms with Crippen molar-refractivity contribution >= 4 is 17.3 Å². The van der Waals surface area contributed by atoms with Crippen LogP contribution in [0.5, 0.6) is 11.5 Å². The average molecular weight is 228 g/mol. The van der Waals surface area contributed by atoms with Crippen LogP contribution < -0.4 is 14.8 Å². The van der Waals surface area contributed by atoms with Gasteiger partial charge in [0.05, 0.1) is 26.5 Å². The van der Waals surface area contributed by atoms with Crippen LogP contribution in [0.3, 0.4) is 0 Å². The van der Waals surface area contributed by atoms with E-state index in [1.54, 1.807) is 20.3 Å². The van der Waals surface area contributed by atoms with Gasteiger partial charge in [-0.1, -0.05) is 18.2 Å². The number of anilines is 1. The van der Waals surface area contributed by atoms with Gasteiger partial charge in [-0.25, -0.2) is 0 Å². The fourth-order valence-corrected chi connectivity index (χ4v) is 1.20. The molecule has 0 heterocycles. The summed E-state index contributed by atoms with van der Waals surface area (Å²) in [6.45, 7) is 4.10. The third-order valence-corrected chi connectivity index (χ3v) is 2.01. The smallest absolute Gasteiger partial charge is 0.145 e. The lowest BCUT2D eigenvalue weighted by atomic mass is 10.2. The van der Waals surface area contributed by atoms with Crippen LogP contribution in [0.1, 0.15) is 0 Å². The second-order valence-corrected chi connectivity index (χ2v) is 3.47. The van der Waals surface area contributed by atoms with Gasteiger partial charge in [0.2, 0.25) is 0 Å². The van der Waals surface area contributed by atoms with E-state index in [9.17, 15) is 0 Å². The van der Waals surface area contributed by atoms with Crippen LogP contribution in [0.15, 0.2) is 29.8 Å². The summed E-state index contributed by atoms with van der Waals surface area (Å²) in [4.78, 5) is 0. The Hall–Kier alpha value is -1.35. The van der Waals surface area contributed by atoms with E-state index in [4.69, 9.17) is 21.1 Å². The highest BCUT2D eigenvalue weighted by molar-refractivity contribution is 6.29. The van der Waals surface area contributed by atoms with Gasteiger partial charge >= 0.3 is 0 Å². The van der Waals surface area contributed by atoms with Gasteiger partial charge in [0.25, 0.3) is 0 Å². The number of nitrogens with one attached hydrogen (secondary N) is 1. The van der Waals surface area contributed by atoms with Crippen molar-refractivity contribution in [2.24, 2.45) is 0 Å². The third kappa shape index (κ3) is 3.36.